The van der Waals surface area contributed by atoms with Crippen LogP contribution in [0.1, 0.15) is 25.3 Å². The van der Waals surface area contributed by atoms with Gasteiger partial charge in [0, 0.05) is 13.1 Å². The second kappa shape index (κ2) is 6.05. The molecule has 0 amide bonds. The summed E-state index contributed by atoms with van der Waals surface area (Å²) >= 11 is 0. The first-order valence-electron chi connectivity index (χ1n) is 6.83. The van der Waals surface area contributed by atoms with Gasteiger partial charge in [-0.2, -0.15) is 0 Å². The summed E-state index contributed by atoms with van der Waals surface area (Å²) in [5.41, 5.74) is 7.59. The normalized spacial score (nSPS) is 17.9. The number of piperidine rings is 1. The van der Waals surface area contributed by atoms with Crippen LogP contribution in [0.4, 0.5) is 11.5 Å². The second-order valence-corrected chi connectivity index (χ2v) is 5.38. The Labute approximate surface area is 110 Å². The molecular weight excluding hydrogens is 224 g/mol. The molecule has 100 valence electrons. The van der Waals surface area contributed by atoms with Gasteiger partial charge in [-0.3, -0.25) is 0 Å². The Morgan fingerprint density at radius 1 is 1.44 bits per heavy atom. The quantitative estimate of drug-likeness (QED) is 0.857. The molecule has 0 spiro atoms. The average molecular weight is 248 g/mol. The van der Waals surface area contributed by atoms with Crippen LogP contribution in [-0.4, -0.2) is 36.1 Å². The molecule has 18 heavy (non-hydrogen) atoms. The molecule has 0 atom stereocenters. The second-order valence-electron chi connectivity index (χ2n) is 5.38. The minimum Gasteiger partial charge on any atom is -0.397 e. The number of nitrogens with one attached hydrogen (secondary N) is 1. The smallest absolute Gasteiger partial charge is 0.126 e. The van der Waals surface area contributed by atoms with E-state index in [0.29, 0.717) is 0 Å². The molecule has 1 fully saturated rings. The maximum atomic E-state index is 5.75. The lowest BCUT2D eigenvalue weighted by Crippen LogP contribution is -2.36. The maximum Gasteiger partial charge on any atom is 0.126 e. The first kappa shape index (κ1) is 13.1. The summed E-state index contributed by atoms with van der Waals surface area (Å²) in [5, 5.41) is 3.36. The fourth-order valence-electron chi connectivity index (χ4n) is 2.29. The van der Waals surface area contributed by atoms with Crippen molar-refractivity contribution < 1.29 is 0 Å². The van der Waals surface area contributed by atoms with Crippen molar-refractivity contribution in [2.45, 2.75) is 26.7 Å². The van der Waals surface area contributed by atoms with Crippen molar-refractivity contribution in [2.75, 3.05) is 37.2 Å². The van der Waals surface area contributed by atoms with Gasteiger partial charge in [-0.05, 0) is 50.4 Å². The van der Waals surface area contributed by atoms with Crippen molar-refractivity contribution >= 4 is 11.5 Å². The lowest BCUT2D eigenvalue weighted by atomic mass is 9.99. The van der Waals surface area contributed by atoms with E-state index in [4.69, 9.17) is 5.73 Å². The molecule has 0 unspecified atom stereocenters. The summed E-state index contributed by atoms with van der Waals surface area (Å²) < 4.78 is 0. The predicted octanol–water partition coefficient (Wildman–Crippen LogP) is 2.12. The van der Waals surface area contributed by atoms with Gasteiger partial charge in [-0.1, -0.05) is 6.92 Å². The number of likely N-dealkylation sites (tertiary alicyclic amines) is 1. The maximum absolute atomic E-state index is 5.75. The average Bonchev–Trinajstić information content (AvgIpc) is 2.36. The van der Waals surface area contributed by atoms with E-state index in [2.05, 4.69) is 22.1 Å². The highest BCUT2D eigenvalue weighted by Crippen LogP contribution is 2.16. The number of anilines is 2. The van der Waals surface area contributed by atoms with Crippen LogP contribution in [0.5, 0.6) is 0 Å². The van der Waals surface area contributed by atoms with E-state index < -0.39 is 0 Å². The molecule has 2 heterocycles. The molecule has 0 bridgehead atoms. The summed E-state index contributed by atoms with van der Waals surface area (Å²) in [6.45, 7) is 8.86. The van der Waals surface area contributed by atoms with Crippen LogP contribution in [0.3, 0.4) is 0 Å². The minimum absolute atomic E-state index is 0.755. The molecule has 1 aliphatic rings. The third-order valence-electron chi connectivity index (χ3n) is 3.76. The number of aromatic nitrogens is 1. The van der Waals surface area contributed by atoms with Gasteiger partial charge in [-0.15, -0.1) is 0 Å². The number of hydrogen-bond donors (Lipinski definition) is 2. The summed E-state index contributed by atoms with van der Waals surface area (Å²) in [6, 6.07) is 2.01. The molecule has 0 aliphatic carbocycles. The largest absolute Gasteiger partial charge is 0.397 e. The Kier molecular flexibility index (Phi) is 4.42. The van der Waals surface area contributed by atoms with Crippen LogP contribution in [0.2, 0.25) is 0 Å². The van der Waals surface area contributed by atoms with E-state index in [1.54, 1.807) is 6.20 Å². The highest BCUT2D eigenvalue weighted by molar-refractivity contribution is 5.50. The van der Waals surface area contributed by atoms with Gasteiger partial charge in [0.25, 0.3) is 0 Å². The van der Waals surface area contributed by atoms with Gasteiger partial charge in [0.15, 0.2) is 0 Å². The summed E-state index contributed by atoms with van der Waals surface area (Å²) in [7, 11) is 0. The molecule has 0 radical (unpaired) electrons. The van der Waals surface area contributed by atoms with Crippen molar-refractivity contribution in [3.63, 3.8) is 0 Å². The highest BCUT2D eigenvalue weighted by atomic mass is 15.1. The van der Waals surface area contributed by atoms with E-state index in [9.17, 15) is 0 Å². The van der Waals surface area contributed by atoms with Gasteiger partial charge >= 0.3 is 0 Å². The Morgan fingerprint density at radius 2 is 2.17 bits per heavy atom. The summed E-state index contributed by atoms with van der Waals surface area (Å²) in [4.78, 5) is 6.80. The Bertz CT molecular complexity index is 383. The fraction of sp³-hybridized carbons (Fsp3) is 0.643. The molecule has 4 nitrogen and oxygen atoms in total. The SMILES string of the molecule is Cc1cc(NCCN2CCC(C)CC2)ncc1N. The van der Waals surface area contributed by atoms with Crippen LogP contribution in [0, 0.1) is 12.8 Å². The zero-order valence-electron chi connectivity index (χ0n) is 11.4. The number of rotatable bonds is 4. The summed E-state index contributed by atoms with van der Waals surface area (Å²) in [6.07, 6.45) is 4.39. The van der Waals surface area contributed by atoms with E-state index in [0.717, 1.165) is 36.1 Å². The van der Waals surface area contributed by atoms with Crippen LogP contribution in [-0.2, 0) is 0 Å². The molecule has 1 saturated heterocycles. The molecule has 1 aromatic heterocycles. The number of hydrogen-bond acceptors (Lipinski definition) is 4. The Hall–Kier alpha value is -1.29. The van der Waals surface area contributed by atoms with Gasteiger partial charge < -0.3 is 16.0 Å². The molecule has 0 saturated carbocycles. The molecular formula is C14H24N4. The van der Waals surface area contributed by atoms with E-state index >= 15 is 0 Å². The standard InChI is InChI=1S/C14H24N4/c1-11-3-6-18(7-4-11)8-5-16-14-9-12(2)13(15)10-17-14/h9-11H,3-8,15H2,1-2H3,(H,16,17). The zero-order valence-corrected chi connectivity index (χ0v) is 11.4. The monoisotopic (exact) mass is 248 g/mol. The first-order valence-corrected chi connectivity index (χ1v) is 6.83. The molecule has 1 aromatic rings. The first-order chi connectivity index (χ1) is 8.65. The number of nitrogens with zero attached hydrogens (tertiary/aromatic N) is 2. The number of nitrogen functional groups attached to an aromatic ring is 1. The van der Waals surface area contributed by atoms with Crippen molar-refractivity contribution in [1.29, 1.82) is 0 Å². The third kappa shape index (κ3) is 3.60. The molecule has 2 rings (SSSR count). The Morgan fingerprint density at radius 3 is 2.83 bits per heavy atom. The number of pyridine rings is 1. The molecule has 1 aliphatic heterocycles. The van der Waals surface area contributed by atoms with Crippen LogP contribution < -0.4 is 11.1 Å². The lowest BCUT2D eigenvalue weighted by Gasteiger charge is -2.30. The fourth-order valence-corrected chi connectivity index (χ4v) is 2.29. The molecule has 4 heteroatoms. The van der Waals surface area contributed by atoms with E-state index in [1.807, 2.05) is 13.0 Å². The summed E-state index contributed by atoms with van der Waals surface area (Å²) in [5.74, 6) is 1.82. The van der Waals surface area contributed by atoms with Crippen LogP contribution in [0.25, 0.3) is 0 Å². The molecule has 3 N–H and O–H groups in total. The highest BCUT2D eigenvalue weighted by Gasteiger charge is 2.14. The van der Waals surface area contributed by atoms with Crippen molar-refractivity contribution in [3.8, 4) is 0 Å². The number of aryl methyl sites for hydroxylation is 1. The Balaban J connectivity index is 1.73. The third-order valence-corrected chi connectivity index (χ3v) is 3.76. The van der Waals surface area contributed by atoms with E-state index in [1.165, 1.54) is 25.9 Å². The minimum atomic E-state index is 0.755. The van der Waals surface area contributed by atoms with Crippen LogP contribution in [0.15, 0.2) is 12.3 Å². The topological polar surface area (TPSA) is 54.2 Å². The van der Waals surface area contributed by atoms with E-state index in [-0.39, 0.29) is 0 Å². The van der Waals surface area contributed by atoms with Crippen molar-refractivity contribution in [1.82, 2.24) is 9.88 Å². The van der Waals surface area contributed by atoms with Crippen LogP contribution >= 0.6 is 0 Å². The van der Waals surface area contributed by atoms with Gasteiger partial charge in [0.1, 0.15) is 5.82 Å². The van der Waals surface area contributed by atoms with Gasteiger partial charge in [0.2, 0.25) is 0 Å². The lowest BCUT2D eigenvalue weighted by molar-refractivity contribution is 0.199. The predicted molar refractivity (Wildman–Crippen MR) is 76.7 cm³/mol. The van der Waals surface area contributed by atoms with Crippen molar-refractivity contribution in [3.05, 3.63) is 17.8 Å². The zero-order chi connectivity index (χ0) is 13.0. The molecule has 0 aromatic carbocycles. The van der Waals surface area contributed by atoms with Crippen molar-refractivity contribution in [2.24, 2.45) is 5.92 Å². The van der Waals surface area contributed by atoms with Gasteiger partial charge in [-0.25, -0.2) is 4.98 Å². The number of nitrogens with two attached hydrogens (primary N) is 1. The van der Waals surface area contributed by atoms with Gasteiger partial charge in [0.05, 0.1) is 11.9 Å².